The summed E-state index contributed by atoms with van der Waals surface area (Å²) in [5.74, 6) is 1.30. The van der Waals surface area contributed by atoms with Crippen LogP contribution in [-0.2, 0) is 19.5 Å². The molecule has 32 heavy (non-hydrogen) atoms. The van der Waals surface area contributed by atoms with E-state index < -0.39 is 0 Å². The number of rotatable bonds is 6. The molecule has 0 atom stereocenters. The summed E-state index contributed by atoms with van der Waals surface area (Å²) in [5.41, 5.74) is 3.80. The van der Waals surface area contributed by atoms with Crippen molar-refractivity contribution in [3.63, 3.8) is 0 Å². The molecular weight excluding hydrogens is 410 g/mol. The summed E-state index contributed by atoms with van der Waals surface area (Å²) in [7, 11) is 3.22. The number of anilines is 1. The molecule has 1 aliphatic rings. The molecule has 166 valence electrons. The number of amides is 3. The number of ether oxygens (including phenoxy) is 2. The molecule has 0 bridgehead atoms. The van der Waals surface area contributed by atoms with Crippen LogP contribution in [0.25, 0.3) is 0 Å². The van der Waals surface area contributed by atoms with Crippen LogP contribution in [0.2, 0.25) is 0 Å². The average molecular weight is 435 g/mol. The van der Waals surface area contributed by atoms with E-state index in [0.717, 1.165) is 17.5 Å². The predicted octanol–water partition coefficient (Wildman–Crippen LogP) is 3.82. The van der Waals surface area contributed by atoms with Gasteiger partial charge in [0.15, 0.2) is 17.3 Å². The van der Waals surface area contributed by atoms with Gasteiger partial charge in [0.25, 0.3) is 5.91 Å². The van der Waals surface area contributed by atoms with Gasteiger partial charge in [0.1, 0.15) is 0 Å². The van der Waals surface area contributed by atoms with Crippen molar-refractivity contribution >= 4 is 17.6 Å². The summed E-state index contributed by atoms with van der Waals surface area (Å²) >= 11 is 0. The maximum atomic E-state index is 12.7. The molecule has 0 saturated carbocycles. The predicted molar refractivity (Wildman–Crippen MR) is 119 cm³/mol. The topological polar surface area (TPSA) is 93.0 Å². The zero-order chi connectivity index (χ0) is 22.5. The Morgan fingerprint density at radius 2 is 1.75 bits per heavy atom. The van der Waals surface area contributed by atoms with Crippen LogP contribution >= 0.6 is 0 Å². The Kier molecular flexibility index (Phi) is 6.30. The van der Waals surface area contributed by atoms with Crippen molar-refractivity contribution in [1.29, 1.82) is 0 Å². The van der Waals surface area contributed by atoms with Gasteiger partial charge in [-0.2, -0.15) is 0 Å². The number of hydrogen-bond acceptors (Lipinski definition) is 5. The highest BCUT2D eigenvalue weighted by Crippen LogP contribution is 2.33. The quantitative estimate of drug-likeness (QED) is 0.614. The minimum absolute atomic E-state index is 0.124. The smallest absolute Gasteiger partial charge is 0.317 e. The first kappa shape index (κ1) is 21.3. The van der Waals surface area contributed by atoms with Gasteiger partial charge in [-0.25, -0.2) is 4.79 Å². The molecule has 8 heteroatoms. The number of urea groups is 1. The summed E-state index contributed by atoms with van der Waals surface area (Å²) in [6, 6.07) is 14.4. The lowest BCUT2D eigenvalue weighted by atomic mass is 9.99. The number of nitrogens with one attached hydrogen (secondary N) is 2. The molecule has 0 radical (unpaired) electrons. The van der Waals surface area contributed by atoms with Crippen LogP contribution in [0.3, 0.4) is 0 Å². The van der Waals surface area contributed by atoms with E-state index in [4.69, 9.17) is 13.9 Å². The van der Waals surface area contributed by atoms with Crippen molar-refractivity contribution in [2.24, 2.45) is 0 Å². The minimum Gasteiger partial charge on any atom is -0.493 e. The Hall–Kier alpha value is -3.94. The second-order valence-corrected chi connectivity index (χ2v) is 7.43. The molecule has 1 aliphatic heterocycles. The summed E-state index contributed by atoms with van der Waals surface area (Å²) in [6.07, 6.45) is 2.21. The molecule has 0 saturated heterocycles. The van der Waals surface area contributed by atoms with Crippen molar-refractivity contribution < 1.29 is 23.5 Å². The van der Waals surface area contributed by atoms with Crippen molar-refractivity contribution in [3.8, 4) is 11.5 Å². The van der Waals surface area contributed by atoms with E-state index in [9.17, 15) is 9.59 Å². The molecule has 4 rings (SSSR count). The van der Waals surface area contributed by atoms with Crippen LogP contribution in [-0.4, -0.2) is 37.6 Å². The third kappa shape index (κ3) is 4.69. The van der Waals surface area contributed by atoms with E-state index in [1.54, 1.807) is 43.4 Å². The molecule has 0 aliphatic carbocycles. The summed E-state index contributed by atoms with van der Waals surface area (Å²) in [5, 5.41) is 5.73. The number of benzene rings is 2. The number of methoxy groups -OCH3 is 2. The van der Waals surface area contributed by atoms with E-state index in [2.05, 4.69) is 10.6 Å². The van der Waals surface area contributed by atoms with Crippen LogP contribution in [0.15, 0.2) is 59.2 Å². The first-order valence-electron chi connectivity index (χ1n) is 10.3. The molecule has 2 aromatic carbocycles. The number of carbonyl (C=O) groups is 2. The van der Waals surface area contributed by atoms with Gasteiger partial charge >= 0.3 is 6.03 Å². The fraction of sp³-hybridized carbons (Fsp3) is 0.250. The Bertz CT molecular complexity index is 1090. The normalized spacial score (nSPS) is 12.6. The van der Waals surface area contributed by atoms with Gasteiger partial charge in [-0.05, 0) is 59.5 Å². The Morgan fingerprint density at radius 1 is 1.03 bits per heavy atom. The lowest BCUT2D eigenvalue weighted by molar-refractivity contribution is 0.0996. The molecular formula is C24H25N3O5. The Labute approximate surface area is 186 Å². The van der Waals surface area contributed by atoms with Crippen LogP contribution in [0.4, 0.5) is 10.5 Å². The number of fused-ring (bicyclic) bond motifs is 1. The minimum atomic E-state index is -0.310. The molecule has 3 aromatic rings. The molecule has 3 amide bonds. The van der Waals surface area contributed by atoms with E-state index in [1.807, 2.05) is 24.3 Å². The maximum absolute atomic E-state index is 12.7. The molecule has 8 nitrogen and oxygen atoms in total. The number of carbonyl (C=O) groups excluding carboxylic acids is 2. The van der Waals surface area contributed by atoms with E-state index in [0.29, 0.717) is 36.8 Å². The van der Waals surface area contributed by atoms with Crippen LogP contribution < -0.4 is 20.1 Å². The van der Waals surface area contributed by atoms with Crippen LogP contribution in [0.5, 0.6) is 11.5 Å². The lowest BCUT2D eigenvalue weighted by Crippen LogP contribution is -2.42. The average Bonchev–Trinajstić information content (AvgIpc) is 3.37. The third-order valence-electron chi connectivity index (χ3n) is 5.41. The second-order valence-electron chi connectivity index (χ2n) is 7.43. The molecule has 0 spiro atoms. The SMILES string of the molecule is COc1cc2c(cc1OC)CN(C(=O)NCc1ccc(NC(=O)c3ccco3)cc1)CC2. The number of nitrogens with zero attached hydrogens (tertiary/aromatic N) is 1. The molecule has 1 aromatic heterocycles. The molecule has 0 unspecified atom stereocenters. The van der Waals surface area contributed by atoms with Gasteiger partial charge < -0.3 is 29.4 Å². The van der Waals surface area contributed by atoms with Gasteiger partial charge in [-0.3, -0.25) is 4.79 Å². The number of furan rings is 1. The van der Waals surface area contributed by atoms with Gasteiger partial charge in [-0.1, -0.05) is 12.1 Å². The molecule has 2 heterocycles. The Balaban J connectivity index is 1.32. The fourth-order valence-corrected chi connectivity index (χ4v) is 3.65. The Morgan fingerprint density at radius 3 is 2.41 bits per heavy atom. The van der Waals surface area contributed by atoms with Crippen molar-refractivity contribution in [3.05, 3.63) is 77.2 Å². The van der Waals surface area contributed by atoms with Gasteiger partial charge in [0.2, 0.25) is 0 Å². The molecule has 0 fully saturated rings. The summed E-state index contributed by atoms with van der Waals surface area (Å²) < 4.78 is 15.8. The van der Waals surface area contributed by atoms with Crippen molar-refractivity contribution in [1.82, 2.24) is 10.2 Å². The molecule has 2 N–H and O–H groups in total. The van der Waals surface area contributed by atoms with Gasteiger partial charge in [0.05, 0.1) is 20.5 Å². The van der Waals surface area contributed by atoms with E-state index in [-0.39, 0.29) is 17.7 Å². The zero-order valence-electron chi connectivity index (χ0n) is 18.0. The highest BCUT2D eigenvalue weighted by Gasteiger charge is 2.22. The van der Waals surface area contributed by atoms with Gasteiger partial charge in [-0.15, -0.1) is 0 Å². The highest BCUT2D eigenvalue weighted by atomic mass is 16.5. The van der Waals surface area contributed by atoms with E-state index in [1.165, 1.54) is 11.8 Å². The summed E-state index contributed by atoms with van der Waals surface area (Å²) in [4.78, 5) is 26.5. The summed E-state index contributed by atoms with van der Waals surface area (Å²) in [6.45, 7) is 1.53. The number of hydrogen-bond donors (Lipinski definition) is 2. The van der Waals surface area contributed by atoms with Gasteiger partial charge in [0, 0.05) is 25.3 Å². The van der Waals surface area contributed by atoms with E-state index >= 15 is 0 Å². The van der Waals surface area contributed by atoms with Crippen LogP contribution in [0.1, 0.15) is 27.2 Å². The van der Waals surface area contributed by atoms with Crippen molar-refractivity contribution in [2.45, 2.75) is 19.5 Å². The highest BCUT2D eigenvalue weighted by molar-refractivity contribution is 6.02. The first-order valence-corrected chi connectivity index (χ1v) is 10.3. The van der Waals surface area contributed by atoms with Crippen molar-refractivity contribution in [2.75, 3.05) is 26.1 Å². The monoisotopic (exact) mass is 435 g/mol. The third-order valence-corrected chi connectivity index (χ3v) is 5.41. The second kappa shape index (κ2) is 9.47. The standard InChI is InChI=1S/C24H25N3O5/c1-30-21-12-17-9-10-27(15-18(17)13-22(21)31-2)24(29)25-14-16-5-7-19(8-6-16)26-23(28)20-4-3-11-32-20/h3-8,11-13H,9-10,14-15H2,1-2H3,(H,25,29)(H,26,28). The lowest BCUT2D eigenvalue weighted by Gasteiger charge is -2.29. The maximum Gasteiger partial charge on any atom is 0.317 e. The van der Waals surface area contributed by atoms with Crippen LogP contribution in [0, 0.1) is 0 Å². The first-order chi connectivity index (χ1) is 15.6. The zero-order valence-corrected chi connectivity index (χ0v) is 18.0. The fourth-order valence-electron chi connectivity index (χ4n) is 3.65. The largest absolute Gasteiger partial charge is 0.493 e.